The van der Waals surface area contributed by atoms with E-state index in [1.54, 1.807) is 55.7 Å². The predicted molar refractivity (Wildman–Crippen MR) is 157 cm³/mol. The second-order valence-corrected chi connectivity index (χ2v) is 9.35. The van der Waals surface area contributed by atoms with Crippen molar-refractivity contribution in [3.8, 4) is 23.0 Å². The highest BCUT2D eigenvalue weighted by molar-refractivity contribution is 6.23. The molecule has 11 heteroatoms. The molecule has 1 amide bonds. The van der Waals surface area contributed by atoms with Gasteiger partial charge in [-0.3, -0.25) is 19.4 Å². The van der Waals surface area contributed by atoms with Gasteiger partial charge in [0.1, 0.15) is 12.4 Å². The van der Waals surface area contributed by atoms with Gasteiger partial charge in [0.25, 0.3) is 5.91 Å². The van der Waals surface area contributed by atoms with Crippen LogP contribution in [0.1, 0.15) is 28.4 Å². The summed E-state index contributed by atoms with van der Waals surface area (Å²) in [5, 5.41) is 2.86. The minimum atomic E-state index is -0.492. The zero-order valence-electron chi connectivity index (χ0n) is 24.7. The molecule has 43 heavy (non-hydrogen) atoms. The number of allylic oxidation sites excluding steroid dienone is 2. The number of aromatic nitrogens is 1. The molecule has 1 aliphatic rings. The molecule has 0 spiro atoms. The number of methoxy groups -OCH3 is 5. The smallest absolute Gasteiger partial charge is 0.259 e. The van der Waals surface area contributed by atoms with Crippen molar-refractivity contribution < 1.29 is 42.8 Å². The van der Waals surface area contributed by atoms with E-state index in [9.17, 15) is 14.4 Å². The van der Waals surface area contributed by atoms with Crippen molar-refractivity contribution in [2.45, 2.75) is 20.0 Å². The maximum atomic E-state index is 13.7. The number of carbonyl (C=O) groups excluding carboxylic acids is 3. The second-order valence-electron chi connectivity index (χ2n) is 9.35. The van der Waals surface area contributed by atoms with Gasteiger partial charge in [-0.25, -0.2) is 0 Å². The number of ketones is 2. The molecule has 11 nitrogen and oxygen atoms in total. The van der Waals surface area contributed by atoms with Crippen LogP contribution in [0, 0.1) is 0 Å². The van der Waals surface area contributed by atoms with Gasteiger partial charge in [-0.2, -0.15) is 0 Å². The fourth-order valence-corrected chi connectivity index (χ4v) is 4.60. The molecule has 1 N–H and O–H groups in total. The van der Waals surface area contributed by atoms with Gasteiger partial charge in [-0.05, 0) is 30.7 Å². The number of ether oxygens (including phenoxy) is 6. The Morgan fingerprint density at radius 3 is 2.05 bits per heavy atom. The lowest BCUT2D eigenvalue weighted by molar-refractivity contribution is -0.121. The quantitative estimate of drug-likeness (QED) is 0.303. The molecule has 0 saturated carbocycles. The molecule has 1 aromatic heterocycles. The van der Waals surface area contributed by atoms with Crippen LogP contribution < -0.4 is 24.3 Å². The van der Waals surface area contributed by atoms with Crippen LogP contribution in [0.25, 0.3) is 0 Å². The third-order valence-corrected chi connectivity index (χ3v) is 6.80. The molecule has 0 bridgehead atoms. The number of amides is 1. The molecule has 1 aliphatic carbocycles. The number of Topliss-reactive ketones (excluding diaryl/α,β-unsaturated/α-hetero) is 2. The summed E-state index contributed by atoms with van der Waals surface area (Å²) in [6.07, 6.45) is 3.38. The zero-order valence-corrected chi connectivity index (χ0v) is 24.7. The Labute approximate surface area is 249 Å². The molecule has 0 unspecified atom stereocenters. The standard InChI is InChI=1S/C32H32N2O9/c1-18-22(28(36)31(42-6)30(41-5)27(18)35)12-19-9-10-24(43-17-20-8-7-11-33-16-20)23(13-19)32(37)34-21-14-25(38-2)29(40-4)26(15-21)39-3/h7-11,13-16H,12,17H2,1-6H3,(H,34,37). The number of anilines is 1. The van der Waals surface area contributed by atoms with Gasteiger partial charge >= 0.3 is 0 Å². The van der Waals surface area contributed by atoms with Gasteiger partial charge in [0.15, 0.2) is 11.5 Å². The van der Waals surface area contributed by atoms with Gasteiger partial charge < -0.3 is 33.7 Å². The minimum absolute atomic E-state index is 0.0631. The molecule has 0 saturated heterocycles. The third-order valence-electron chi connectivity index (χ3n) is 6.80. The van der Waals surface area contributed by atoms with Gasteiger partial charge in [-0.1, -0.05) is 12.1 Å². The SMILES string of the molecule is COC1=C(OC)C(=O)C(Cc2ccc(OCc3cccnc3)c(C(=O)Nc3cc(OC)c(OC)c(OC)c3)c2)=C(C)C1=O. The van der Waals surface area contributed by atoms with Gasteiger partial charge in [0.05, 0.1) is 41.1 Å². The number of nitrogens with zero attached hydrogens (tertiary/aromatic N) is 1. The van der Waals surface area contributed by atoms with Crippen LogP contribution >= 0.6 is 0 Å². The Morgan fingerprint density at radius 2 is 1.47 bits per heavy atom. The molecule has 0 fully saturated rings. The highest BCUT2D eigenvalue weighted by atomic mass is 16.5. The van der Waals surface area contributed by atoms with E-state index >= 15 is 0 Å². The Morgan fingerprint density at radius 1 is 0.791 bits per heavy atom. The van der Waals surface area contributed by atoms with Gasteiger partial charge in [-0.15, -0.1) is 0 Å². The van der Waals surface area contributed by atoms with Crippen LogP contribution in [0.3, 0.4) is 0 Å². The van der Waals surface area contributed by atoms with Crippen LogP contribution in [0.4, 0.5) is 5.69 Å². The molecule has 4 rings (SSSR count). The topological polar surface area (TPSA) is 132 Å². The summed E-state index contributed by atoms with van der Waals surface area (Å²) in [7, 11) is 7.05. The molecule has 0 atom stereocenters. The van der Waals surface area contributed by atoms with Gasteiger partial charge in [0.2, 0.25) is 28.8 Å². The Balaban J connectivity index is 1.70. The summed E-state index contributed by atoms with van der Waals surface area (Å²) in [6.45, 7) is 1.72. The van der Waals surface area contributed by atoms with Crippen LogP contribution in [-0.4, -0.2) is 58.0 Å². The number of nitrogens with one attached hydrogen (secondary N) is 1. The molecular weight excluding hydrogens is 556 g/mol. The summed E-state index contributed by atoms with van der Waals surface area (Å²) in [4.78, 5) is 43.9. The van der Waals surface area contributed by atoms with E-state index in [-0.39, 0.29) is 41.3 Å². The fraction of sp³-hybridized carbons (Fsp3) is 0.250. The van der Waals surface area contributed by atoms with E-state index in [1.807, 2.05) is 6.07 Å². The number of carbonyl (C=O) groups is 3. The van der Waals surface area contributed by atoms with Crippen molar-refractivity contribution in [2.24, 2.45) is 0 Å². The highest BCUT2D eigenvalue weighted by Crippen LogP contribution is 2.40. The van der Waals surface area contributed by atoms with E-state index < -0.39 is 17.5 Å². The summed E-state index contributed by atoms with van der Waals surface area (Å²) in [5.74, 6) is -0.298. The Bertz CT molecular complexity index is 1590. The minimum Gasteiger partial charge on any atom is -0.493 e. The van der Waals surface area contributed by atoms with E-state index in [4.69, 9.17) is 28.4 Å². The molecule has 2 aromatic carbocycles. The van der Waals surface area contributed by atoms with Crippen molar-refractivity contribution in [1.82, 2.24) is 4.98 Å². The molecular formula is C32H32N2O9. The van der Waals surface area contributed by atoms with Gasteiger partial charge in [0, 0.05) is 53.3 Å². The number of hydrogen-bond donors (Lipinski definition) is 1. The lowest BCUT2D eigenvalue weighted by Crippen LogP contribution is -2.26. The summed E-state index contributed by atoms with van der Waals surface area (Å²) in [5.41, 5.74) is 2.46. The van der Waals surface area contributed by atoms with E-state index in [0.29, 0.717) is 34.2 Å². The number of rotatable bonds is 12. The number of hydrogen-bond acceptors (Lipinski definition) is 10. The third kappa shape index (κ3) is 6.45. The van der Waals surface area contributed by atoms with Crippen LogP contribution in [-0.2, 0) is 32.1 Å². The van der Waals surface area contributed by atoms with Crippen LogP contribution in [0.2, 0.25) is 0 Å². The molecule has 224 valence electrons. The summed E-state index contributed by atoms with van der Waals surface area (Å²) < 4.78 is 32.6. The normalized spacial score (nSPS) is 13.1. The van der Waals surface area contributed by atoms with E-state index in [0.717, 1.165) is 5.56 Å². The highest BCUT2D eigenvalue weighted by Gasteiger charge is 2.34. The van der Waals surface area contributed by atoms with Crippen molar-refractivity contribution in [2.75, 3.05) is 40.9 Å². The first-order valence-corrected chi connectivity index (χ1v) is 13.1. The van der Waals surface area contributed by atoms with Crippen LogP contribution in [0.5, 0.6) is 23.0 Å². The number of pyridine rings is 1. The molecule has 0 radical (unpaired) electrons. The van der Waals surface area contributed by atoms with Crippen LogP contribution in [0.15, 0.2) is 77.5 Å². The first kappa shape index (κ1) is 30.6. The monoisotopic (exact) mass is 588 g/mol. The Kier molecular flexibility index (Phi) is 9.66. The second kappa shape index (κ2) is 13.6. The van der Waals surface area contributed by atoms with Crippen molar-refractivity contribution in [1.29, 1.82) is 0 Å². The zero-order chi connectivity index (χ0) is 31.1. The molecule has 3 aromatic rings. The summed E-state index contributed by atoms with van der Waals surface area (Å²) >= 11 is 0. The van der Waals surface area contributed by atoms with E-state index in [2.05, 4.69) is 10.3 Å². The maximum absolute atomic E-state index is 13.7. The van der Waals surface area contributed by atoms with Crippen molar-refractivity contribution in [3.05, 3.63) is 94.2 Å². The van der Waals surface area contributed by atoms with Crippen molar-refractivity contribution >= 4 is 23.2 Å². The molecule has 0 aliphatic heterocycles. The summed E-state index contributed by atoms with van der Waals surface area (Å²) in [6, 6.07) is 11.8. The maximum Gasteiger partial charge on any atom is 0.259 e. The van der Waals surface area contributed by atoms with Crippen molar-refractivity contribution in [3.63, 3.8) is 0 Å². The largest absolute Gasteiger partial charge is 0.493 e. The molecule has 1 heterocycles. The predicted octanol–water partition coefficient (Wildman–Crippen LogP) is 4.45. The average molecular weight is 589 g/mol. The number of benzene rings is 2. The average Bonchev–Trinajstić information content (AvgIpc) is 3.03. The first-order valence-electron chi connectivity index (χ1n) is 13.1. The first-order chi connectivity index (χ1) is 20.8. The fourth-order valence-electron chi connectivity index (χ4n) is 4.60. The lowest BCUT2D eigenvalue weighted by Gasteiger charge is -2.21. The Hall–Kier alpha value is -5.32. The lowest BCUT2D eigenvalue weighted by atomic mass is 9.88. The van der Waals surface area contributed by atoms with E-state index in [1.165, 1.54) is 35.5 Å².